The van der Waals surface area contributed by atoms with Crippen LogP contribution in [0.4, 0.5) is 0 Å². The van der Waals surface area contributed by atoms with E-state index in [1.807, 2.05) is 48.8 Å². The summed E-state index contributed by atoms with van der Waals surface area (Å²) in [6.45, 7) is 5.68. The van der Waals surface area contributed by atoms with Crippen LogP contribution in [-0.2, 0) is 6.54 Å². The molecule has 0 unspecified atom stereocenters. The lowest BCUT2D eigenvalue weighted by atomic mass is 10.2. The second-order valence-electron chi connectivity index (χ2n) is 7.32. The second-order valence-corrected chi connectivity index (χ2v) is 7.32. The minimum absolute atomic E-state index is 0.122. The maximum Gasteiger partial charge on any atom is 0.252 e. The standard InChI is InChI=1S/C23H24N4O2/c1-16(2)22-24-11-13-27(22)12-5-10-25-23(28)18-8-9-19(26-15-18)21-14-17-6-3-4-7-20(17)29-21/h3-4,6-9,11,13-16H,5,10,12H2,1-2H3,(H,25,28). The number of nitrogens with zero attached hydrogens (tertiary/aromatic N) is 3. The van der Waals surface area contributed by atoms with Gasteiger partial charge >= 0.3 is 0 Å². The monoisotopic (exact) mass is 388 g/mol. The van der Waals surface area contributed by atoms with Crippen molar-refractivity contribution in [2.24, 2.45) is 0 Å². The van der Waals surface area contributed by atoms with Gasteiger partial charge in [-0.1, -0.05) is 32.0 Å². The summed E-state index contributed by atoms with van der Waals surface area (Å²) in [5, 5.41) is 3.99. The number of imidazole rings is 1. The molecule has 3 heterocycles. The van der Waals surface area contributed by atoms with E-state index < -0.39 is 0 Å². The maximum atomic E-state index is 12.4. The Balaban J connectivity index is 1.33. The quantitative estimate of drug-likeness (QED) is 0.468. The molecular weight excluding hydrogens is 364 g/mol. The van der Waals surface area contributed by atoms with Crippen molar-refractivity contribution >= 4 is 16.9 Å². The van der Waals surface area contributed by atoms with Crippen LogP contribution in [0.2, 0.25) is 0 Å². The highest BCUT2D eigenvalue weighted by Gasteiger charge is 2.10. The van der Waals surface area contributed by atoms with Gasteiger partial charge in [-0.25, -0.2) is 4.98 Å². The molecule has 6 heteroatoms. The smallest absolute Gasteiger partial charge is 0.252 e. The Kier molecular flexibility index (Phi) is 5.42. The van der Waals surface area contributed by atoms with Gasteiger partial charge in [0.05, 0.1) is 5.56 Å². The Labute approximate surface area is 169 Å². The Hall–Kier alpha value is -3.41. The van der Waals surface area contributed by atoms with Crippen LogP contribution in [0.5, 0.6) is 0 Å². The molecule has 0 aliphatic heterocycles. The molecule has 3 aromatic heterocycles. The van der Waals surface area contributed by atoms with Crippen molar-refractivity contribution in [3.63, 3.8) is 0 Å². The summed E-state index contributed by atoms with van der Waals surface area (Å²) in [5.41, 5.74) is 2.07. The minimum atomic E-state index is -0.122. The topological polar surface area (TPSA) is 73.0 Å². The fourth-order valence-corrected chi connectivity index (χ4v) is 3.35. The molecule has 1 aromatic carbocycles. The number of aryl methyl sites for hydroxylation is 1. The van der Waals surface area contributed by atoms with Crippen LogP contribution in [0.1, 0.15) is 42.4 Å². The zero-order chi connectivity index (χ0) is 20.2. The van der Waals surface area contributed by atoms with E-state index >= 15 is 0 Å². The number of carbonyl (C=O) groups excluding carboxylic acids is 1. The molecule has 0 aliphatic carbocycles. The first kappa shape index (κ1) is 18.9. The molecule has 0 aliphatic rings. The van der Waals surface area contributed by atoms with Gasteiger partial charge in [-0.05, 0) is 30.7 Å². The van der Waals surface area contributed by atoms with Crippen LogP contribution < -0.4 is 5.32 Å². The fourth-order valence-electron chi connectivity index (χ4n) is 3.35. The summed E-state index contributed by atoms with van der Waals surface area (Å²) in [7, 11) is 0. The van der Waals surface area contributed by atoms with Crippen molar-refractivity contribution in [2.45, 2.75) is 32.7 Å². The van der Waals surface area contributed by atoms with Crippen LogP contribution >= 0.6 is 0 Å². The van der Waals surface area contributed by atoms with E-state index in [0.717, 1.165) is 29.8 Å². The number of nitrogens with one attached hydrogen (secondary N) is 1. The molecule has 4 aromatic rings. The normalized spacial score (nSPS) is 11.3. The third-order valence-electron chi connectivity index (χ3n) is 4.83. The van der Waals surface area contributed by atoms with Crippen LogP contribution in [0.15, 0.2) is 65.5 Å². The molecule has 0 bridgehead atoms. The molecule has 0 atom stereocenters. The molecule has 4 rings (SSSR count). The molecule has 0 fully saturated rings. The number of benzene rings is 1. The van der Waals surface area contributed by atoms with E-state index in [1.165, 1.54) is 0 Å². The lowest BCUT2D eigenvalue weighted by molar-refractivity contribution is 0.0952. The molecule has 0 saturated carbocycles. The Bertz CT molecular complexity index is 1080. The van der Waals surface area contributed by atoms with Crippen LogP contribution in [-0.4, -0.2) is 27.0 Å². The van der Waals surface area contributed by atoms with Gasteiger partial charge < -0.3 is 14.3 Å². The molecule has 0 spiro atoms. The number of fused-ring (bicyclic) bond motifs is 1. The van der Waals surface area contributed by atoms with Gasteiger partial charge in [-0.15, -0.1) is 0 Å². The molecule has 0 saturated heterocycles. The minimum Gasteiger partial charge on any atom is -0.454 e. The highest BCUT2D eigenvalue weighted by atomic mass is 16.3. The largest absolute Gasteiger partial charge is 0.454 e. The SMILES string of the molecule is CC(C)c1nccn1CCCNC(=O)c1ccc(-c2cc3ccccc3o2)nc1. The van der Waals surface area contributed by atoms with Gasteiger partial charge in [-0.3, -0.25) is 9.78 Å². The lowest BCUT2D eigenvalue weighted by Gasteiger charge is -2.10. The second kappa shape index (κ2) is 8.31. The summed E-state index contributed by atoms with van der Waals surface area (Å²) in [5.74, 6) is 2.03. The number of amides is 1. The van der Waals surface area contributed by atoms with Crippen molar-refractivity contribution in [3.8, 4) is 11.5 Å². The number of pyridine rings is 1. The van der Waals surface area contributed by atoms with Gasteiger partial charge in [-0.2, -0.15) is 0 Å². The van der Waals surface area contributed by atoms with Crippen molar-refractivity contribution in [1.29, 1.82) is 0 Å². The summed E-state index contributed by atoms with van der Waals surface area (Å²) >= 11 is 0. The van der Waals surface area contributed by atoms with E-state index in [0.29, 0.717) is 29.5 Å². The lowest BCUT2D eigenvalue weighted by Crippen LogP contribution is -2.25. The molecule has 1 amide bonds. The predicted molar refractivity (Wildman–Crippen MR) is 113 cm³/mol. The van der Waals surface area contributed by atoms with Crippen molar-refractivity contribution in [3.05, 3.63) is 72.4 Å². The van der Waals surface area contributed by atoms with E-state index in [9.17, 15) is 4.79 Å². The first-order chi connectivity index (χ1) is 14.1. The van der Waals surface area contributed by atoms with E-state index in [4.69, 9.17) is 4.42 Å². The third-order valence-corrected chi connectivity index (χ3v) is 4.83. The van der Waals surface area contributed by atoms with Gasteiger partial charge in [0.25, 0.3) is 5.91 Å². The maximum absolute atomic E-state index is 12.4. The highest BCUT2D eigenvalue weighted by Crippen LogP contribution is 2.26. The molecule has 148 valence electrons. The van der Waals surface area contributed by atoms with Gasteiger partial charge in [0.1, 0.15) is 17.1 Å². The number of rotatable bonds is 7. The summed E-state index contributed by atoms with van der Waals surface area (Å²) in [4.78, 5) is 21.2. The van der Waals surface area contributed by atoms with E-state index in [2.05, 4.69) is 33.7 Å². The number of aromatic nitrogens is 3. The van der Waals surface area contributed by atoms with Gasteiger partial charge in [0.2, 0.25) is 0 Å². The summed E-state index contributed by atoms with van der Waals surface area (Å²) in [6, 6.07) is 13.4. The number of hydrogen-bond acceptors (Lipinski definition) is 4. The van der Waals surface area contributed by atoms with Gasteiger partial charge in [0.15, 0.2) is 5.76 Å². The third kappa shape index (κ3) is 4.21. The molecule has 29 heavy (non-hydrogen) atoms. The van der Waals surface area contributed by atoms with Crippen molar-refractivity contribution < 1.29 is 9.21 Å². The number of furan rings is 1. The van der Waals surface area contributed by atoms with Crippen LogP contribution in [0, 0.1) is 0 Å². The Morgan fingerprint density at radius 2 is 2.03 bits per heavy atom. The first-order valence-corrected chi connectivity index (χ1v) is 9.86. The van der Waals surface area contributed by atoms with Crippen LogP contribution in [0.25, 0.3) is 22.4 Å². The van der Waals surface area contributed by atoms with Crippen molar-refractivity contribution in [1.82, 2.24) is 19.9 Å². The van der Waals surface area contributed by atoms with Crippen molar-refractivity contribution in [2.75, 3.05) is 6.54 Å². The Morgan fingerprint density at radius 1 is 1.17 bits per heavy atom. The molecule has 6 nitrogen and oxygen atoms in total. The first-order valence-electron chi connectivity index (χ1n) is 9.86. The number of hydrogen-bond donors (Lipinski definition) is 1. The van der Waals surface area contributed by atoms with E-state index in [1.54, 1.807) is 12.3 Å². The van der Waals surface area contributed by atoms with Gasteiger partial charge in [0, 0.05) is 43.0 Å². The van der Waals surface area contributed by atoms with Crippen LogP contribution in [0.3, 0.4) is 0 Å². The molecular formula is C23H24N4O2. The fraction of sp³-hybridized carbons (Fsp3) is 0.261. The zero-order valence-corrected chi connectivity index (χ0v) is 16.6. The predicted octanol–water partition coefficient (Wildman–Crippen LogP) is 4.63. The summed E-state index contributed by atoms with van der Waals surface area (Å²) in [6.07, 6.45) is 6.23. The van der Waals surface area contributed by atoms with E-state index in [-0.39, 0.29) is 5.91 Å². The summed E-state index contributed by atoms with van der Waals surface area (Å²) < 4.78 is 7.96. The average Bonchev–Trinajstić information content (AvgIpc) is 3.38. The number of carbonyl (C=O) groups is 1. The molecule has 1 N–H and O–H groups in total. The molecule has 0 radical (unpaired) electrons. The highest BCUT2D eigenvalue weighted by molar-refractivity contribution is 5.94. The average molecular weight is 388 g/mol. The Morgan fingerprint density at radius 3 is 2.79 bits per heavy atom. The zero-order valence-electron chi connectivity index (χ0n) is 16.6. The number of para-hydroxylation sites is 1.